The molecule has 3 rings (SSSR count). The van der Waals surface area contributed by atoms with Crippen molar-refractivity contribution < 1.29 is 4.74 Å². The van der Waals surface area contributed by atoms with Crippen LogP contribution in [0, 0.1) is 0 Å². The minimum absolute atomic E-state index is 0.518. The average Bonchev–Trinajstić information content (AvgIpc) is 3.00. The second-order valence-corrected chi connectivity index (χ2v) is 5.32. The minimum Gasteiger partial charge on any atom is -0.489 e. The molecule has 0 unspecified atom stereocenters. The van der Waals surface area contributed by atoms with Gasteiger partial charge in [-0.2, -0.15) is 0 Å². The molecule has 118 valence electrons. The average molecular weight is 308 g/mol. The van der Waals surface area contributed by atoms with Gasteiger partial charge in [-0.3, -0.25) is 4.98 Å². The van der Waals surface area contributed by atoms with E-state index in [9.17, 15) is 0 Å². The molecule has 0 aliphatic rings. The minimum atomic E-state index is 0.518. The van der Waals surface area contributed by atoms with Gasteiger partial charge in [-0.15, -0.1) is 0 Å². The first-order valence-corrected chi connectivity index (χ1v) is 7.59. The standard InChI is InChI=1S/C18H20N4O/c1-22-10-9-21-18(22)13-20-12-16-6-2-3-7-17(16)23-14-15-5-4-8-19-11-15/h2-11,20H,12-14H2,1H3. The Balaban J connectivity index is 1.58. The topological polar surface area (TPSA) is 52.0 Å². The maximum absolute atomic E-state index is 5.93. The van der Waals surface area contributed by atoms with E-state index in [2.05, 4.69) is 21.4 Å². The Morgan fingerprint density at radius 3 is 2.78 bits per heavy atom. The quantitative estimate of drug-likeness (QED) is 0.729. The van der Waals surface area contributed by atoms with Crippen LogP contribution >= 0.6 is 0 Å². The summed E-state index contributed by atoms with van der Waals surface area (Å²) >= 11 is 0. The van der Waals surface area contributed by atoms with Crippen molar-refractivity contribution in [3.63, 3.8) is 0 Å². The van der Waals surface area contributed by atoms with Crippen LogP contribution in [0.15, 0.2) is 61.2 Å². The molecular formula is C18H20N4O. The summed E-state index contributed by atoms with van der Waals surface area (Å²) in [7, 11) is 2.00. The van der Waals surface area contributed by atoms with E-state index in [-0.39, 0.29) is 0 Å². The smallest absolute Gasteiger partial charge is 0.124 e. The normalized spacial score (nSPS) is 10.7. The van der Waals surface area contributed by atoms with Crippen LogP contribution in [0.2, 0.25) is 0 Å². The van der Waals surface area contributed by atoms with E-state index < -0.39 is 0 Å². The van der Waals surface area contributed by atoms with Crippen molar-refractivity contribution in [3.8, 4) is 5.75 Å². The van der Waals surface area contributed by atoms with Crippen molar-refractivity contribution in [1.29, 1.82) is 0 Å². The molecule has 0 spiro atoms. The number of nitrogens with one attached hydrogen (secondary N) is 1. The fraction of sp³-hybridized carbons (Fsp3) is 0.222. The SMILES string of the molecule is Cn1ccnc1CNCc1ccccc1OCc1cccnc1. The van der Waals surface area contributed by atoms with Gasteiger partial charge >= 0.3 is 0 Å². The molecule has 3 aromatic rings. The Hall–Kier alpha value is -2.66. The molecule has 0 saturated heterocycles. The van der Waals surface area contributed by atoms with Gasteiger partial charge in [-0.25, -0.2) is 4.98 Å². The maximum atomic E-state index is 5.93. The molecule has 1 aromatic carbocycles. The molecule has 0 atom stereocenters. The lowest BCUT2D eigenvalue weighted by Gasteiger charge is -2.12. The Labute approximate surface area is 136 Å². The van der Waals surface area contributed by atoms with Gasteiger partial charge in [-0.1, -0.05) is 24.3 Å². The van der Waals surface area contributed by atoms with Crippen LogP contribution in [0.5, 0.6) is 5.75 Å². The van der Waals surface area contributed by atoms with Gasteiger partial charge in [0.1, 0.15) is 18.2 Å². The molecule has 0 aliphatic heterocycles. The van der Waals surface area contributed by atoms with Gasteiger partial charge < -0.3 is 14.6 Å². The van der Waals surface area contributed by atoms with Crippen molar-refractivity contribution in [2.24, 2.45) is 7.05 Å². The molecule has 0 bridgehead atoms. The van der Waals surface area contributed by atoms with Gasteiger partial charge in [0.05, 0.1) is 6.54 Å². The number of nitrogens with zero attached hydrogens (tertiary/aromatic N) is 3. The third-order valence-corrected chi connectivity index (χ3v) is 3.61. The zero-order valence-corrected chi connectivity index (χ0v) is 13.1. The maximum Gasteiger partial charge on any atom is 0.124 e. The van der Waals surface area contributed by atoms with Crippen molar-refractivity contribution >= 4 is 0 Å². The van der Waals surface area contributed by atoms with Crippen LogP contribution in [0.4, 0.5) is 0 Å². The third kappa shape index (κ3) is 4.17. The lowest BCUT2D eigenvalue weighted by atomic mass is 10.2. The zero-order valence-electron chi connectivity index (χ0n) is 13.1. The van der Waals surface area contributed by atoms with E-state index in [1.165, 1.54) is 0 Å². The third-order valence-electron chi connectivity index (χ3n) is 3.61. The number of hydrogen-bond donors (Lipinski definition) is 1. The summed E-state index contributed by atoms with van der Waals surface area (Å²) in [5.74, 6) is 1.91. The molecule has 0 saturated carbocycles. The molecule has 0 amide bonds. The van der Waals surface area contributed by atoms with E-state index in [0.717, 1.165) is 35.8 Å². The van der Waals surface area contributed by atoms with E-state index in [4.69, 9.17) is 4.74 Å². The summed E-state index contributed by atoms with van der Waals surface area (Å²) in [6, 6.07) is 12.0. The lowest BCUT2D eigenvalue weighted by molar-refractivity contribution is 0.301. The van der Waals surface area contributed by atoms with Crippen molar-refractivity contribution in [1.82, 2.24) is 19.9 Å². The van der Waals surface area contributed by atoms with Crippen LogP contribution in [0.25, 0.3) is 0 Å². The van der Waals surface area contributed by atoms with E-state index in [1.54, 1.807) is 6.20 Å². The van der Waals surface area contributed by atoms with Gasteiger partial charge in [0.15, 0.2) is 0 Å². The van der Waals surface area contributed by atoms with Gasteiger partial charge in [0, 0.05) is 49.5 Å². The highest BCUT2D eigenvalue weighted by Gasteiger charge is 2.04. The fourth-order valence-electron chi connectivity index (χ4n) is 2.31. The van der Waals surface area contributed by atoms with Gasteiger partial charge in [0.25, 0.3) is 0 Å². The molecule has 0 fully saturated rings. The number of pyridine rings is 1. The second kappa shape index (κ2) is 7.56. The molecule has 5 heteroatoms. The molecule has 5 nitrogen and oxygen atoms in total. The van der Waals surface area contributed by atoms with Gasteiger partial charge in [0.2, 0.25) is 0 Å². The lowest BCUT2D eigenvalue weighted by Crippen LogP contribution is -2.16. The van der Waals surface area contributed by atoms with Crippen LogP contribution in [0.1, 0.15) is 17.0 Å². The Morgan fingerprint density at radius 2 is 2.00 bits per heavy atom. The zero-order chi connectivity index (χ0) is 15.9. The van der Waals surface area contributed by atoms with Gasteiger partial charge in [-0.05, 0) is 12.1 Å². The number of imidazole rings is 1. The highest BCUT2D eigenvalue weighted by atomic mass is 16.5. The number of hydrogen-bond acceptors (Lipinski definition) is 4. The fourth-order valence-corrected chi connectivity index (χ4v) is 2.31. The number of aryl methyl sites for hydroxylation is 1. The molecule has 0 aliphatic carbocycles. The van der Waals surface area contributed by atoms with E-state index >= 15 is 0 Å². The van der Waals surface area contributed by atoms with Crippen molar-refractivity contribution in [2.75, 3.05) is 0 Å². The second-order valence-electron chi connectivity index (χ2n) is 5.32. The summed E-state index contributed by atoms with van der Waals surface area (Å²) in [4.78, 5) is 8.41. The van der Waals surface area contributed by atoms with Crippen LogP contribution in [0.3, 0.4) is 0 Å². The predicted molar refractivity (Wildman–Crippen MR) is 88.8 cm³/mol. The first kappa shape index (κ1) is 15.2. The summed E-state index contributed by atoms with van der Waals surface area (Å²) in [6.07, 6.45) is 7.34. The summed E-state index contributed by atoms with van der Waals surface area (Å²) in [5.41, 5.74) is 2.19. The molecular weight excluding hydrogens is 288 g/mol. The Morgan fingerprint density at radius 1 is 1.09 bits per heavy atom. The van der Waals surface area contributed by atoms with Crippen LogP contribution < -0.4 is 10.1 Å². The van der Waals surface area contributed by atoms with E-state index in [0.29, 0.717) is 6.61 Å². The van der Waals surface area contributed by atoms with Crippen molar-refractivity contribution in [3.05, 3.63) is 78.1 Å². The first-order chi connectivity index (χ1) is 11.3. The largest absolute Gasteiger partial charge is 0.489 e. The molecule has 2 heterocycles. The monoisotopic (exact) mass is 308 g/mol. The highest BCUT2D eigenvalue weighted by molar-refractivity contribution is 5.33. The molecule has 1 N–H and O–H groups in total. The van der Waals surface area contributed by atoms with E-state index in [1.807, 2.05) is 60.5 Å². The molecule has 2 aromatic heterocycles. The predicted octanol–water partition coefficient (Wildman–Crippen LogP) is 2.68. The number of para-hydroxylation sites is 1. The molecule has 23 heavy (non-hydrogen) atoms. The summed E-state index contributed by atoms with van der Waals surface area (Å²) < 4.78 is 7.95. The highest BCUT2D eigenvalue weighted by Crippen LogP contribution is 2.19. The van der Waals surface area contributed by atoms with Crippen LogP contribution in [-0.2, 0) is 26.7 Å². The number of rotatable bonds is 7. The Bertz CT molecular complexity index is 740. The Kier molecular flexibility index (Phi) is 5.01. The summed E-state index contributed by atoms with van der Waals surface area (Å²) in [6.45, 7) is 1.97. The first-order valence-electron chi connectivity index (χ1n) is 7.59. The van der Waals surface area contributed by atoms with Crippen molar-refractivity contribution in [2.45, 2.75) is 19.7 Å². The van der Waals surface area contributed by atoms with Crippen LogP contribution in [-0.4, -0.2) is 14.5 Å². The molecule has 0 radical (unpaired) electrons. The number of benzene rings is 1. The number of ether oxygens (including phenoxy) is 1. The summed E-state index contributed by atoms with van der Waals surface area (Å²) in [5, 5.41) is 3.41. The number of aromatic nitrogens is 3.